The number of methoxy groups -OCH3 is 2. The number of thiazole rings is 1. The number of benzene rings is 2. The number of fused-ring (bicyclic) bond motifs is 1. The van der Waals surface area contributed by atoms with E-state index in [9.17, 15) is 19.2 Å². The Hall–Kier alpha value is -3.47. The summed E-state index contributed by atoms with van der Waals surface area (Å²) in [5.74, 6) is -0.0421. The van der Waals surface area contributed by atoms with Gasteiger partial charge in [0.2, 0.25) is 5.91 Å². The Kier molecular flexibility index (Phi) is 7.35. The summed E-state index contributed by atoms with van der Waals surface area (Å²) in [5.41, 5.74) is 6.41. The molecule has 0 atom stereocenters. The molecule has 7 nitrogen and oxygen atoms in total. The number of nitrogens with one attached hydrogen (secondary N) is 1. The van der Waals surface area contributed by atoms with Crippen LogP contribution >= 0.6 is 11.3 Å². The molecule has 0 radical (unpaired) electrons. The Balaban J connectivity index is 1.72. The van der Waals surface area contributed by atoms with Crippen LogP contribution in [-0.4, -0.2) is 42.3 Å². The van der Waals surface area contributed by atoms with Crippen molar-refractivity contribution in [1.29, 1.82) is 0 Å². The van der Waals surface area contributed by atoms with Crippen LogP contribution in [0.4, 0.5) is 4.39 Å². The van der Waals surface area contributed by atoms with Crippen molar-refractivity contribution in [2.45, 2.75) is 19.9 Å². The van der Waals surface area contributed by atoms with Crippen LogP contribution < -0.4 is 20.3 Å². The minimum absolute atomic E-state index is 0.0979. The maximum Gasteiger partial charge on any atom is 0.496 e. The molecule has 2 aromatic carbocycles. The Bertz CT molecular complexity index is 1300. The summed E-state index contributed by atoms with van der Waals surface area (Å²) < 4.78 is 24.9. The van der Waals surface area contributed by atoms with Crippen LogP contribution in [0.1, 0.15) is 34.9 Å². The van der Waals surface area contributed by atoms with Crippen LogP contribution in [0.15, 0.2) is 47.6 Å². The molecule has 180 valence electrons. The van der Waals surface area contributed by atoms with Crippen molar-refractivity contribution in [1.82, 2.24) is 10.3 Å². The SMILES string of the molecule is COc1cc(C=C2C(C)=C(CC(=O)NCc3cncs3)c3cc(F)ccc32)cc(OC)c1B(O)O. The predicted molar refractivity (Wildman–Crippen MR) is 135 cm³/mol. The van der Waals surface area contributed by atoms with Crippen LogP contribution in [-0.2, 0) is 11.3 Å². The van der Waals surface area contributed by atoms with Gasteiger partial charge in [-0.15, -0.1) is 11.3 Å². The zero-order valence-electron chi connectivity index (χ0n) is 19.5. The van der Waals surface area contributed by atoms with Crippen molar-refractivity contribution in [3.8, 4) is 11.5 Å². The normalized spacial score (nSPS) is 13.7. The van der Waals surface area contributed by atoms with Gasteiger partial charge >= 0.3 is 7.12 Å². The second kappa shape index (κ2) is 10.4. The monoisotopic (exact) mass is 494 g/mol. The van der Waals surface area contributed by atoms with Crippen molar-refractivity contribution < 1.29 is 28.7 Å². The van der Waals surface area contributed by atoms with Gasteiger partial charge in [0.15, 0.2) is 0 Å². The summed E-state index contributed by atoms with van der Waals surface area (Å²) in [6, 6.07) is 7.86. The fourth-order valence-electron chi connectivity index (χ4n) is 4.18. The number of hydrogen-bond acceptors (Lipinski definition) is 7. The number of aromatic nitrogens is 1. The lowest BCUT2D eigenvalue weighted by Crippen LogP contribution is -2.32. The van der Waals surface area contributed by atoms with Crippen molar-refractivity contribution in [2.75, 3.05) is 14.2 Å². The minimum Gasteiger partial charge on any atom is -0.497 e. The van der Waals surface area contributed by atoms with E-state index in [4.69, 9.17) is 9.47 Å². The van der Waals surface area contributed by atoms with Gasteiger partial charge in [0.25, 0.3) is 0 Å². The molecule has 3 N–H and O–H groups in total. The largest absolute Gasteiger partial charge is 0.497 e. The van der Waals surface area contributed by atoms with Gasteiger partial charge in [-0.25, -0.2) is 4.39 Å². The standard InChI is InChI=1S/C25H24BFN2O5S/c1-14-19(6-15-7-22(33-2)25(26(31)32)23(8-15)34-3)18-5-4-16(27)9-21(18)20(14)10-24(30)29-12-17-11-28-13-35-17/h4-9,11,13,31-32H,10,12H2,1-3H3,(H,29,30). The molecule has 0 fully saturated rings. The summed E-state index contributed by atoms with van der Waals surface area (Å²) in [5, 5.41) is 22.4. The molecule has 1 aromatic heterocycles. The van der Waals surface area contributed by atoms with E-state index < -0.39 is 7.12 Å². The highest BCUT2D eigenvalue weighted by atomic mass is 32.1. The van der Waals surface area contributed by atoms with Gasteiger partial charge in [0.05, 0.1) is 38.2 Å². The average Bonchev–Trinajstić information content (AvgIpc) is 3.44. The molecule has 0 bridgehead atoms. The van der Waals surface area contributed by atoms with Crippen LogP contribution in [0.3, 0.4) is 0 Å². The van der Waals surface area contributed by atoms with Gasteiger partial charge in [-0.3, -0.25) is 9.78 Å². The molecule has 4 rings (SSSR count). The topological polar surface area (TPSA) is 101 Å². The Morgan fingerprint density at radius 1 is 1.17 bits per heavy atom. The molecule has 0 unspecified atom stereocenters. The zero-order chi connectivity index (χ0) is 25.1. The second-order valence-electron chi connectivity index (χ2n) is 7.99. The molecule has 1 amide bonds. The second-order valence-corrected chi connectivity index (χ2v) is 8.96. The fourth-order valence-corrected chi connectivity index (χ4v) is 4.72. The van der Waals surface area contributed by atoms with E-state index in [1.807, 2.05) is 13.0 Å². The first-order chi connectivity index (χ1) is 16.8. The number of nitrogens with zero attached hydrogens (tertiary/aromatic N) is 1. The lowest BCUT2D eigenvalue weighted by atomic mass is 9.78. The molecule has 1 heterocycles. The van der Waals surface area contributed by atoms with E-state index in [1.54, 1.807) is 29.9 Å². The Labute approximate surface area is 206 Å². The number of rotatable bonds is 8. The first-order valence-electron chi connectivity index (χ1n) is 10.8. The van der Waals surface area contributed by atoms with Crippen molar-refractivity contribution >= 4 is 47.0 Å². The number of halogens is 1. The van der Waals surface area contributed by atoms with E-state index in [2.05, 4.69) is 10.3 Å². The minimum atomic E-state index is -1.77. The molecule has 3 aromatic rings. The maximum atomic E-state index is 14.2. The highest BCUT2D eigenvalue weighted by Gasteiger charge is 2.27. The molecule has 0 saturated carbocycles. The lowest BCUT2D eigenvalue weighted by Gasteiger charge is -2.14. The summed E-state index contributed by atoms with van der Waals surface area (Å²) >= 11 is 1.46. The number of amides is 1. The van der Waals surface area contributed by atoms with Crippen molar-refractivity contribution in [3.63, 3.8) is 0 Å². The van der Waals surface area contributed by atoms with Crippen LogP contribution in [0.2, 0.25) is 0 Å². The molecular weight excluding hydrogens is 470 g/mol. The molecule has 0 spiro atoms. The highest BCUT2D eigenvalue weighted by molar-refractivity contribution is 7.09. The first kappa shape index (κ1) is 24.7. The van der Waals surface area contributed by atoms with E-state index in [0.717, 1.165) is 27.2 Å². The smallest absolute Gasteiger partial charge is 0.496 e. The Morgan fingerprint density at radius 3 is 2.49 bits per heavy atom. The van der Waals surface area contributed by atoms with Gasteiger partial charge in [-0.05, 0) is 70.7 Å². The third kappa shape index (κ3) is 5.14. The molecule has 0 saturated heterocycles. The van der Waals surface area contributed by atoms with Gasteiger partial charge < -0.3 is 24.8 Å². The summed E-state index contributed by atoms with van der Waals surface area (Å²) in [7, 11) is 1.09. The number of ether oxygens (including phenoxy) is 2. The number of allylic oxidation sites excluding steroid dienone is 2. The lowest BCUT2D eigenvalue weighted by molar-refractivity contribution is -0.120. The van der Waals surface area contributed by atoms with Crippen LogP contribution in [0.5, 0.6) is 11.5 Å². The summed E-state index contributed by atoms with van der Waals surface area (Å²) in [6.45, 7) is 2.28. The average molecular weight is 494 g/mol. The van der Waals surface area contributed by atoms with Crippen molar-refractivity contribution in [2.24, 2.45) is 0 Å². The molecular formula is C25H24BFN2O5S. The number of carbonyl (C=O) groups excluding carboxylic acids is 1. The molecule has 10 heteroatoms. The third-order valence-electron chi connectivity index (χ3n) is 5.87. The van der Waals surface area contributed by atoms with Gasteiger partial charge in [0.1, 0.15) is 17.3 Å². The molecule has 0 aliphatic heterocycles. The van der Waals surface area contributed by atoms with E-state index in [-0.39, 0.29) is 35.1 Å². The van der Waals surface area contributed by atoms with Gasteiger partial charge in [0, 0.05) is 11.1 Å². The van der Waals surface area contributed by atoms with E-state index in [0.29, 0.717) is 17.7 Å². The van der Waals surface area contributed by atoms with Gasteiger partial charge in [-0.1, -0.05) is 6.07 Å². The molecule has 35 heavy (non-hydrogen) atoms. The molecule has 1 aliphatic carbocycles. The number of hydrogen-bond donors (Lipinski definition) is 3. The van der Waals surface area contributed by atoms with Crippen LogP contribution in [0, 0.1) is 5.82 Å². The summed E-state index contributed by atoms with van der Waals surface area (Å²) in [6.07, 6.45) is 3.69. The van der Waals surface area contributed by atoms with Crippen LogP contribution in [0.25, 0.3) is 17.2 Å². The van der Waals surface area contributed by atoms with Gasteiger partial charge in [-0.2, -0.15) is 0 Å². The van der Waals surface area contributed by atoms with Crippen molar-refractivity contribution in [3.05, 3.63) is 75.0 Å². The van der Waals surface area contributed by atoms with E-state index >= 15 is 0 Å². The van der Waals surface area contributed by atoms with E-state index in [1.165, 1.54) is 37.7 Å². The predicted octanol–water partition coefficient (Wildman–Crippen LogP) is 3.01. The first-order valence-corrected chi connectivity index (χ1v) is 11.7. The highest BCUT2D eigenvalue weighted by Crippen LogP contribution is 2.44. The quantitative estimate of drug-likeness (QED) is 0.417. The maximum absolute atomic E-state index is 14.2. The Morgan fingerprint density at radius 2 is 1.89 bits per heavy atom. The number of carbonyl (C=O) groups is 1. The summed E-state index contributed by atoms with van der Waals surface area (Å²) in [4.78, 5) is 17.7. The molecule has 1 aliphatic rings. The fraction of sp³-hybridized carbons (Fsp3) is 0.200. The zero-order valence-corrected chi connectivity index (χ0v) is 20.3. The third-order valence-corrected chi connectivity index (χ3v) is 6.65.